The molecule has 1 aliphatic heterocycles. The smallest absolute Gasteiger partial charge is 0.238 e. The zero-order chi connectivity index (χ0) is 17.0. The Morgan fingerprint density at radius 3 is 2.26 bits per heavy atom. The standard InChI is InChI=1S/C15H23N3O4S/c1-12(19)11-17-6-8-18(9-7-17)15(20)10-13-2-4-14(5-3-13)23(16,21)22/h2-5,12,19H,6-11H2,1H3,(H2,16,21,22)/t12-/m0/s1. The lowest BCUT2D eigenvalue weighted by molar-refractivity contribution is -0.132. The number of aliphatic hydroxyl groups is 1. The van der Waals surface area contributed by atoms with Gasteiger partial charge >= 0.3 is 0 Å². The van der Waals surface area contributed by atoms with Gasteiger partial charge in [0.2, 0.25) is 15.9 Å². The van der Waals surface area contributed by atoms with Crippen molar-refractivity contribution in [3.05, 3.63) is 29.8 Å². The van der Waals surface area contributed by atoms with Gasteiger partial charge in [0.25, 0.3) is 0 Å². The molecule has 0 aromatic heterocycles. The van der Waals surface area contributed by atoms with Gasteiger partial charge < -0.3 is 10.0 Å². The topological polar surface area (TPSA) is 104 Å². The lowest BCUT2D eigenvalue weighted by Gasteiger charge is -2.35. The van der Waals surface area contributed by atoms with Gasteiger partial charge in [-0.25, -0.2) is 13.6 Å². The van der Waals surface area contributed by atoms with Gasteiger partial charge in [0.15, 0.2) is 0 Å². The van der Waals surface area contributed by atoms with Crippen molar-refractivity contribution in [3.8, 4) is 0 Å². The molecule has 23 heavy (non-hydrogen) atoms. The van der Waals surface area contributed by atoms with Crippen LogP contribution in [-0.2, 0) is 21.2 Å². The number of amides is 1. The highest BCUT2D eigenvalue weighted by Crippen LogP contribution is 2.11. The van der Waals surface area contributed by atoms with E-state index < -0.39 is 10.0 Å². The number of sulfonamides is 1. The fourth-order valence-electron chi connectivity index (χ4n) is 2.64. The summed E-state index contributed by atoms with van der Waals surface area (Å²) >= 11 is 0. The summed E-state index contributed by atoms with van der Waals surface area (Å²) in [6.07, 6.45) is -0.129. The van der Waals surface area contributed by atoms with E-state index in [1.807, 2.05) is 0 Å². The fraction of sp³-hybridized carbons (Fsp3) is 0.533. The Bertz CT molecular complexity index is 635. The van der Waals surface area contributed by atoms with Crippen LogP contribution in [0.2, 0.25) is 0 Å². The molecule has 3 N–H and O–H groups in total. The molecule has 1 aromatic rings. The molecule has 1 heterocycles. The van der Waals surface area contributed by atoms with Crippen LogP contribution in [0.25, 0.3) is 0 Å². The van der Waals surface area contributed by atoms with Gasteiger partial charge in [-0.15, -0.1) is 0 Å². The van der Waals surface area contributed by atoms with Crippen molar-refractivity contribution in [1.82, 2.24) is 9.80 Å². The Labute approximate surface area is 136 Å². The van der Waals surface area contributed by atoms with E-state index in [4.69, 9.17) is 5.14 Å². The highest BCUT2D eigenvalue weighted by molar-refractivity contribution is 7.89. The molecule has 0 aliphatic carbocycles. The zero-order valence-electron chi connectivity index (χ0n) is 13.2. The van der Waals surface area contributed by atoms with E-state index in [9.17, 15) is 18.3 Å². The lowest BCUT2D eigenvalue weighted by atomic mass is 10.1. The van der Waals surface area contributed by atoms with Gasteiger partial charge in [0.05, 0.1) is 17.4 Å². The van der Waals surface area contributed by atoms with Gasteiger partial charge in [-0.1, -0.05) is 12.1 Å². The van der Waals surface area contributed by atoms with E-state index in [1.54, 1.807) is 24.0 Å². The van der Waals surface area contributed by atoms with Crippen LogP contribution in [0.15, 0.2) is 29.2 Å². The monoisotopic (exact) mass is 341 g/mol. The van der Waals surface area contributed by atoms with Gasteiger partial charge in [-0.3, -0.25) is 9.69 Å². The molecule has 1 atom stereocenters. The first-order valence-corrected chi connectivity index (χ1v) is 9.10. The Kier molecular flexibility index (Phi) is 5.74. The maximum absolute atomic E-state index is 12.3. The molecule has 2 rings (SSSR count). The van der Waals surface area contributed by atoms with Crippen molar-refractivity contribution in [1.29, 1.82) is 0 Å². The van der Waals surface area contributed by atoms with E-state index in [2.05, 4.69) is 4.90 Å². The maximum atomic E-state index is 12.3. The number of carbonyl (C=O) groups excluding carboxylic acids is 1. The highest BCUT2D eigenvalue weighted by Gasteiger charge is 2.21. The molecule has 0 bridgehead atoms. The number of carbonyl (C=O) groups is 1. The van der Waals surface area contributed by atoms with Crippen LogP contribution in [0.1, 0.15) is 12.5 Å². The lowest BCUT2D eigenvalue weighted by Crippen LogP contribution is -2.50. The minimum absolute atomic E-state index is 0.0186. The summed E-state index contributed by atoms with van der Waals surface area (Å²) in [5.41, 5.74) is 0.758. The first-order valence-electron chi connectivity index (χ1n) is 7.55. The number of nitrogens with two attached hydrogens (primary N) is 1. The molecule has 1 saturated heterocycles. The van der Waals surface area contributed by atoms with Crippen LogP contribution < -0.4 is 5.14 Å². The SMILES string of the molecule is C[C@H](O)CN1CCN(C(=O)Cc2ccc(S(N)(=O)=O)cc2)CC1. The minimum Gasteiger partial charge on any atom is -0.392 e. The number of β-amino-alcohol motifs (C(OH)–C–C–N with tert-alkyl or cyclic N) is 1. The van der Waals surface area contributed by atoms with Crippen LogP contribution in [0.4, 0.5) is 0 Å². The average molecular weight is 341 g/mol. The maximum Gasteiger partial charge on any atom is 0.238 e. The summed E-state index contributed by atoms with van der Waals surface area (Å²) in [5, 5.41) is 14.4. The molecule has 1 fully saturated rings. The van der Waals surface area contributed by atoms with Crippen LogP contribution in [0, 0.1) is 0 Å². The number of hydrogen-bond donors (Lipinski definition) is 2. The molecule has 0 radical (unpaired) electrons. The molecular formula is C15H23N3O4S. The van der Waals surface area contributed by atoms with Gasteiger partial charge in [-0.2, -0.15) is 0 Å². The molecule has 8 heteroatoms. The van der Waals surface area contributed by atoms with Crippen LogP contribution in [-0.4, -0.2) is 68.1 Å². The van der Waals surface area contributed by atoms with Crippen molar-refractivity contribution in [2.24, 2.45) is 5.14 Å². The summed E-state index contributed by atoms with van der Waals surface area (Å²) in [7, 11) is -3.71. The largest absolute Gasteiger partial charge is 0.392 e. The third kappa shape index (κ3) is 5.28. The molecule has 1 aromatic carbocycles. The first-order chi connectivity index (χ1) is 10.8. The molecule has 7 nitrogen and oxygen atoms in total. The molecule has 0 spiro atoms. The van der Waals surface area contributed by atoms with Crippen molar-refractivity contribution >= 4 is 15.9 Å². The van der Waals surface area contributed by atoms with Crippen LogP contribution in [0.3, 0.4) is 0 Å². The number of aliphatic hydroxyl groups excluding tert-OH is 1. The second-order valence-electron chi connectivity index (χ2n) is 5.90. The van der Waals surface area contributed by atoms with Crippen LogP contribution in [0.5, 0.6) is 0 Å². The van der Waals surface area contributed by atoms with E-state index in [-0.39, 0.29) is 23.3 Å². The zero-order valence-corrected chi connectivity index (χ0v) is 14.0. The molecule has 1 amide bonds. The Morgan fingerprint density at radius 2 is 1.78 bits per heavy atom. The van der Waals surface area contributed by atoms with E-state index >= 15 is 0 Å². The third-order valence-corrected chi connectivity index (χ3v) is 4.78. The average Bonchev–Trinajstić information content (AvgIpc) is 2.47. The number of rotatable bonds is 5. The second-order valence-corrected chi connectivity index (χ2v) is 7.46. The molecular weight excluding hydrogens is 318 g/mol. The minimum atomic E-state index is -3.71. The van der Waals surface area contributed by atoms with Gasteiger partial charge in [0, 0.05) is 32.7 Å². The molecule has 0 unspecified atom stereocenters. The summed E-state index contributed by atoms with van der Waals surface area (Å²) in [4.78, 5) is 16.3. The van der Waals surface area contributed by atoms with E-state index in [1.165, 1.54) is 12.1 Å². The molecule has 128 valence electrons. The summed E-state index contributed by atoms with van der Waals surface area (Å²) < 4.78 is 22.4. The number of hydrogen-bond acceptors (Lipinski definition) is 5. The Hall–Kier alpha value is -1.48. The van der Waals surface area contributed by atoms with Gasteiger partial charge in [0.1, 0.15) is 0 Å². The van der Waals surface area contributed by atoms with Crippen molar-refractivity contribution in [2.45, 2.75) is 24.3 Å². The van der Waals surface area contributed by atoms with Gasteiger partial charge in [-0.05, 0) is 24.6 Å². The number of nitrogens with zero attached hydrogens (tertiary/aromatic N) is 2. The number of piperazine rings is 1. The Balaban J connectivity index is 1.88. The summed E-state index contributed by atoms with van der Waals surface area (Å²) in [6, 6.07) is 6.06. The first kappa shape index (κ1) is 17.9. The summed E-state index contributed by atoms with van der Waals surface area (Å²) in [6.45, 7) is 5.16. The van der Waals surface area contributed by atoms with Crippen LogP contribution >= 0.6 is 0 Å². The summed E-state index contributed by atoms with van der Waals surface area (Å²) in [5.74, 6) is 0.0186. The number of primary sulfonamides is 1. The third-order valence-electron chi connectivity index (χ3n) is 3.85. The van der Waals surface area contributed by atoms with Crippen molar-refractivity contribution < 1.29 is 18.3 Å². The van der Waals surface area contributed by atoms with Crippen molar-refractivity contribution in [2.75, 3.05) is 32.7 Å². The predicted octanol–water partition coefficient (Wildman–Crippen LogP) is -0.598. The normalized spacial score (nSPS) is 18.0. The van der Waals surface area contributed by atoms with Crippen molar-refractivity contribution in [3.63, 3.8) is 0 Å². The fourth-order valence-corrected chi connectivity index (χ4v) is 3.15. The quantitative estimate of drug-likeness (QED) is 0.744. The Morgan fingerprint density at radius 1 is 1.22 bits per heavy atom. The second kappa shape index (κ2) is 7.39. The molecule has 1 aliphatic rings. The molecule has 0 saturated carbocycles. The number of benzene rings is 1. The van der Waals surface area contributed by atoms with E-state index in [0.29, 0.717) is 19.6 Å². The predicted molar refractivity (Wildman–Crippen MR) is 86.2 cm³/mol. The highest BCUT2D eigenvalue weighted by atomic mass is 32.2. The van der Waals surface area contributed by atoms with E-state index in [0.717, 1.165) is 18.7 Å².